The summed E-state index contributed by atoms with van der Waals surface area (Å²) in [7, 11) is 0. The number of allylic oxidation sites excluding steroid dienone is 1. The van der Waals surface area contributed by atoms with E-state index in [0.717, 1.165) is 130 Å². The summed E-state index contributed by atoms with van der Waals surface area (Å²) in [5.41, 5.74) is 5.46. The van der Waals surface area contributed by atoms with Crippen molar-refractivity contribution in [3.05, 3.63) is 95.6 Å². The molecule has 1 aliphatic heterocycles. The van der Waals surface area contributed by atoms with Crippen LogP contribution in [0.1, 0.15) is 165 Å². The molecule has 0 radical (unpaired) electrons. The quantitative estimate of drug-likeness (QED) is 0.0456. The molecular formula is C59H80O7. The molecule has 3 aromatic rings. The molecule has 7 heteroatoms. The molecule has 0 bridgehead atoms. The van der Waals surface area contributed by atoms with E-state index in [4.69, 9.17) is 23.7 Å². The molecule has 1 saturated heterocycles. The Morgan fingerprint density at radius 3 is 2.06 bits per heavy atom. The summed E-state index contributed by atoms with van der Waals surface area (Å²) < 4.78 is 29.2. The molecule has 0 aromatic heterocycles. The van der Waals surface area contributed by atoms with E-state index in [1.807, 2.05) is 36.4 Å². The van der Waals surface area contributed by atoms with Crippen LogP contribution in [0.25, 0.3) is 11.1 Å². The fraction of sp³-hybridized carbons (Fsp3) is 0.627. The van der Waals surface area contributed by atoms with Crippen LogP contribution in [0.4, 0.5) is 0 Å². The number of ether oxygens (including phenoxy) is 5. The first-order valence-electron chi connectivity index (χ1n) is 26.1. The maximum Gasteiger partial charge on any atom is 0.343 e. The first-order valence-corrected chi connectivity index (χ1v) is 26.1. The van der Waals surface area contributed by atoms with Crippen molar-refractivity contribution in [3.63, 3.8) is 0 Å². The number of carbonyl (C=O) groups is 2. The zero-order valence-electron chi connectivity index (χ0n) is 41.3. The molecule has 66 heavy (non-hydrogen) atoms. The monoisotopic (exact) mass is 901 g/mol. The Balaban J connectivity index is 0.751. The van der Waals surface area contributed by atoms with Gasteiger partial charge in [-0.15, -0.1) is 0 Å². The molecule has 0 spiro atoms. The molecule has 0 amide bonds. The molecule has 5 aliphatic rings. The lowest BCUT2D eigenvalue weighted by Crippen LogP contribution is -2.51. The molecule has 0 N–H and O–H groups in total. The Kier molecular flexibility index (Phi) is 15.9. The molecule has 1 heterocycles. The number of fused-ring (bicyclic) bond motifs is 5. The van der Waals surface area contributed by atoms with Crippen LogP contribution in [0.3, 0.4) is 0 Å². The van der Waals surface area contributed by atoms with E-state index in [0.29, 0.717) is 28.9 Å². The second kappa shape index (κ2) is 21.6. The van der Waals surface area contributed by atoms with Crippen molar-refractivity contribution in [2.45, 2.75) is 150 Å². The van der Waals surface area contributed by atoms with Gasteiger partial charge in [-0.3, -0.25) is 0 Å². The number of unbranched alkanes of at least 4 members (excludes halogenated alkanes) is 3. The highest BCUT2D eigenvalue weighted by Gasteiger charge is 2.59. The lowest BCUT2D eigenvalue weighted by molar-refractivity contribution is -0.150. The van der Waals surface area contributed by atoms with Gasteiger partial charge in [-0.1, -0.05) is 103 Å². The minimum atomic E-state index is -0.447. The van der Waals surface area contributed by atoms with Crippen molar-refractivity contribution in [2.24, 2.45) is 51.8 Å². The highest BCUT2D eigenvalue weighted by atomic mass is 16.5. The molecular weight excluding hydrogens is 821 g/mol. The van der Waals surface area contributed by atoms with Crippen molar-refractivity contribution in [1.29, 1.82) is 0 Å². The Labute approximate surface area is 397 Å². The van der Waals surface area contributed by atoms with Gasteiger partial charge < -0.3 is 23.7 Å². The Hall–Kier alpha value is -3.94. The average molecular weight is 901 g/mol. The predicted octanol–water partition coefficient (Wildman–Crippen LogP) is 14.5. The molecule has 3 saturated carbocycles. The Morgan fingerprint density at radius 2 is 1.38 bits per heavy atom. The second-order valence-electron chi connectivity index (χ2n) is 22.2. The van der Waals surface area contributed by atoms with Crippen molar-refractivity contribution in [3.8, 4) is 22.6 Å². The van der Waals surface area contributed by atoms with Crippen molar-refractivity contribution in [2.75, 3.05) is 33.0 Å². The molecule has 3 aromatic carbocycles. The van der Waals surface area contributed by atoms with Gasteiger partial charge in [0.05, 0.1) is 37.6 Å². The Bertz CT molecular complexity index is 2080. The number of hydrogen-bond acceptors (Lipinski definition) is 7. The van der Waals surface area contributed by atoms with Gasteiger partial charge in [0.2, 0.25) is 0 Å². The van der Waals surface area contributed by atoms with Crippen LogP contribution in [-0.2, 0) is 14.2 Å². The fourth-order valence-corrected chi connectivity index (χ4v) is 13.3. The number of esters is 2. The van der Waals surface area contributed by atoms with E-state index in [9.17, 15) is 9.59 Å². The van der Waals surface area contributed by atoms with Crippen LogP contribution in [0.2, 0.25) is 0 Å². The summed E-state index contributed by atoms with van der Waals surface area (Å²) in [6.45, 7) is 18.7. The van der Waals surface area contributed by atoms with E-state index >= 15 is 0 Å². The number of rotatable bonds is 21. The van der Waals surface area contributed by atoms with Crippen LogP contribution >= 0.6 is 0 Å². The van der Waals surface area contributed by atoms with Gasteiger partial charge >= 0.3 is 11.9 Å². The zero-order chi connectivity index (χ0) is 46.3. The third-order valence-corrected chi connectivity index (χ3v) is 17.6. The van der Waals surface area contributed by atoms with Gasteiger partial charge in [0.1, 0.15) is 17.6 Å². The van der Waals surface area contributed by atoms with E-state index < -0.39 is 5.97 Å². The topological polar surface area (TPSA) is 80.3 Å². The average Bonchev–Trinajstić information content (AvgIpc) is 3.67. The van der Waals surface area contributed by atoms with Gasteiger partial charge in [-0.2, -0.15) is 0 Å². The van der Waals surface area contributed by atoms with Gasteiger partial charge in [0.15, 0.2) is 0 Å². The number of carbonyl (C=O) groups excluding carboxylic acids is 2. The lowest BCUT2D eigenvalue weighted by Gasteiger charge is -2.58. The van der Waals surface area contributed by atoms with Crippen molar-refractivity contribution in [1.82, 2.24) is 0 Å². The molecule has 8 atom stereocenters. The third-order valence-electron chi connectivity index (χ3n) is 17.6. The highest BCUT2D eigenvalue weighted by molar-refractivity contribution is 5.92. The lowest BCUT2D eigenvalue weighted by atomic mass is 9.47. The summed E-state index contributed by atoms with van der Waals surface area (Å²) >= 11 is 0. The largest absolute Gasteiger partial charge is 0.494 e. The SMILES string of the molecule is CCC1(COCCCCCCOc2ccc(-c3ccc(C(=O)Oc4ccc(C(=O)OC5CCC6(C)C(=CCC7C6CCC6(C)C(C(C)CCCC(C)C)CCC76)C5)cc4)cc3)cc2)COC1. The Morgan fingerprint density at radius 1 is 0.712 bits per heavy atom. The summed E-state index contributed by atoms with van der Waals surface area (Å²) in [5, 5.41) is 0. The summed E-state index contributed by atoms with van der Waals surface area (Å²) in [6.07, 6.45) is 21.6. The van der Waals surface area contributed by atoms with Gasteiger partial charge in [-0.25, -0.2) is 9.59 Å². The molecule has 4 fully saturated rings. The zero-order valence-corrected chi connectivity index (χ0v) is 41.3. The fourth-order valence-electron chi connectivity index (χ4n) is 13.3. The minimum absolute atomic E-state index is 0.112. The number of benzene rings is 3. The maximum atomic E-state index is 13.4. The second-order valence-corrected chi connectivity index (χ2v) is 22.2. The summed E-state index contributed by atoms with van der Waals surface area (Å²) in [5.74, 6) is 5.34. The van der Waals surface area contributed by atoms with Gasteiger partial charge in [0.25, 0.3) is 0 Å². The van der Waals surface area contributed by atoms with Crippen LogP contribution < -0.4 is 9.47 Å². The smallest absolute Gasteiger partial charge is 0.343 e. The van der Waals surface area contributed by atoms with E-state index in [2.05, 4.69) is 47.6 Å². The van der Waals surface area contributed by atoms with Gasteiger partial charge in [-0.05, 0) is 177 Å². The first-order chi connectivity index (χ1) is 31.9. The van der Waals surface area contributed by atoms with E-state index in [1.54, 1.807) is 36.4 Å². The molecule has 358 valence electrons. The van der Waals surface area contributed by atoms with Crippen LogP contribution in [0, 0.1) is 51.8 Å². The summed E-state index contributed by atoms with van der Waals surface area (Å²) in [4.78, 5) is 26.5. The number of hydrogen-bond donors (Lipinski definition) is 0. The molecule has 7 nitrogen and oxygen atoms in total. The van der Waals surface area contributed by atoms with Crippen LogP contribution in [0.5, 0.6) is 11.5 Å². The van der Waals surface area contributed by atoms with E-state index in [-0.39, 0.29) is 22.9 Å². The molecule has 4 aliphatic carbocycles. The third kappa shape index (κ3) is 11.0. The van der Waals surface area contributed by atoms with Crippen LogP contribution in [0.15, 0.2) is 84.4 Å². The van der Waals surface area contributed by atoms with Crippen LogP contribution in [-0.4, -0.2) is 51.1 Å². The standard InChI is InChI=1S/C59H80O7/c1-7-59(39-63-40-59)38-62-35-10-8-9-11-36-64-48-24-19-44(20-25-48)43-15-17-45(18-16-43)55(60)65-49-26-21-46(22-27-49)56(61)66-50-31-33-57(5)47(37-50)23-28-51-53-30-29-52(42(4)14-12-13-41(2)3)58(53,6)34-32-54(51)57/h15-27,41-42,50-54H,7-14,28-40H2,1-6H3. The van der Waals surface area contributed by atoms with Gasteiger partial charge in [0, 0.05) is 18.4 Å². The van der Waals surface area contributed by atoms with Crippen molar-refractivity contribution < 1.29 is 33.3 Å². The first kappa shape index (κ1) is 48.5. The highest BCUT2D eigenvalue weighted by Crippen LogP contribution is 2.67. The summed E-state index contributed by atoms with van der Waals surface area (Å²) in [6, 6.07) is 22.3. The molecule has 8 unspecified atom stereocenters. The minimum Gasteiger partial charge on any atom is -0.494 e. The maximum absolute atomic E-state index is 13.4. The van der Waals surface area contributed by atoms with Crippen molar-refractivity contribution >= 4 is 11.9 Å². The normalized spacial score (nSPS) is 28.0. The van der Waals surface area contributed by atoms with E-state index in [1.165, 1.54) is 56.9 Å². The predicted molar refractivity (Wildman–Crippen MR) is 264 cm³/mol. The molecule has 8 rings (SSSR count).